The Labute approximate surface area is 116 Å². The Morgan fingerprint density at radius 2 is 2.11 bits per heavy atom. The van der Waals surface area contributed by atoms with Crippen LogP contribution in [0.3, 0.4) is 0 Å². The molecule has 0 bridgehead atoms. The van der Waals surface area contributed by atoms with Gasteiger partial charge in [-0.15, -0.1) is 11.6 Å². The summed E-state index contributed by atoms with van der Waals surface area (Å²) in [6.07, 6.45) is 3.66. The molecule has 0 aliphatic heterocycles. The van der Waals surface area contributed by atoms with E-state index < -0.39 is 0 Å². The second-order valence-electron chi connectivity index (χ2n) is 4.48. The molecule has 2 aromatic heterocycles. The summed E-state index contributed by atoms with van der Waals surface area (Å²) >= 11 is 11.7. The fraction of sp³-hybridized carbons (Fsp3) is 0.417. The fourth-order valence-electron chi connectivity index (χ4n) is 1.61. The summed E-state index contributed by atoms with van der Waals surface area (Å²) in [6.45, 7) is 5.15. The normalized spacial score (nSPS) is 11.2. The predicted octanol–water partition coefficient (Wildman–Crippen LogP) is 3.39. The Morgan fingerprint density at radius 1 is 1.33 bits per heavy atom. The van der Waals surface area contributed by atoms with Crippen LogP contribution in [0.5, 0.6) is 0 Å². The van der Waals surface area contributed by atoms with Gasteiger partial charge >= 0.3 is 0 Å². The molecule has 0 radical (unpaired) electrons. The van der Waals surface area contributed by atoms with E-state index in [1.165, 1.54) is 0 Å². The van der Waals surface area contributed by atoms with E-state index in [1.807, 2.05) is 10.9 Å². The smallest absolute Gasteiger partial charge is 0.164 e. The molecule has 0 atom stereocenters. The lowest BCUT2D eigenvalue weighted by Gasteiger charge is -2.03. The van der Waals surface area contributed by atoms with Crippen molar-refractivity contribution in [2.45, 2.75) is 26.3 Å². The van der Waals surface area contributed by atoms with Gasteiger partial charge in [-0.3, -0.25) is 4.68 Å². The molecule has 0 saturated carbocycles. The highest BCUT2D eigenvalue weighted by Crippen LogP contribution is 2.18. The number of hydrogen-bond acceptors (Lipinski definition) is 3. The Morgan fingerprint density at radius 3 is 2.78 bits per heavy atom. The lowest BCUT2D eigenvalue weighted by Crippen LogP contribution is -2.04. The maximum atomic E-state index is 5.93. The van der Waals surface area contributed by atoms with Crippen LogP contribution < -0.4 is 0 Å². The number of aromatic nitrogens is 4. The van der Waals surface area contributed by atoms with Crippen molar-refractivity contribution in [2.24, 2.45) is 5.92 Å². The molecule has 0 N–H and O–H groups in total. The zero-order chi connectivity index (χ0) is 13.1. The molecule has 0 aliphatic rings. The molecule has 6 heteroatoms. The minimum absolute atomic E-state index is 0.315. The maximum absolute atomic E-state index is 5.93. The third-order valence-electron chi connectivity index (χ3n) is 2.33. The second kappa shape index (κ2) is 5.67. The highest BCUT2D eigenvalue weighted by Gasteiger charge is 2.08. The van der Waals surface area contributed by atoms with Crippen molar-refractivity contribution >= 4 is 23.2 Å². The van der Waals surface area contributed by atoms with Gasteiger partial charge in [-0.2, -0.15) is 5.10 Å². The highest BCUT2D eigenvalue weighted by molar-refractivity contribution is 6.29. The van der Waals surface area contributed by atoms with Crippen LogP contribution in [0.2, 0.25) is 5.15 Å². The van der Waals surface area contributed by atoms with Crippen molar-refractivity contribution in [2.75, 3.05) is 0 Å². The molecule has 0 aromatic carbocycles. The van der Waals surface area contributed by atoms with Crippen molar-refractivity contribution in [3.8, 4) is 11.4 Å². The maximum Gasteiger partial charge on any atom is 0.164 e. The van der Waals surface area contributed by atoms with Gasteiger partial charge in [-0.1, -0.05) is 25.4 Å². The first-order chi connectivity index (χ1) is 8.58. The molecule has 96 valence electrons. The zero-order valence-corrected chi connectivity index (χ0v) is 11.8. The van der Waals surface area contributed by atoms with Crippen LogP contribution in [0.25, 0.3) is 11.4 Å². The molecule has 0 saturated heterocycles. The van der Waals surface area contributed by atoms with Crippen molar-refractivity contribution < 1.29 is 0 Å². The molecule has 0 spiro atoms. The van der Waals surface area contributed by atoms with Crippen LogP contribution >= 0.6 is 23.2 Å². The van der Waals surface area contributed by atoms with Crippen molar-refractivity contribution in [1.82, 2.24) is 19.7 Å². The van der Waals surface area contributed by atoms with Gasteiger partial charge in [0.1, 0.15) is 5.15 Å². The van der Waals surface area contributed by atoms with Gasteiger partial charge in [0.2, 0.25) is 0 Å². The third-order valence-corrected chi connectivity index (χ3v) is 2.80. The summed E-state index contributed by atoms with van der Waals surface area (Å²) < 4.78 is 1.88. The quantitative estimate of drug-likeness (QED) is 0.639. The monoisotopic (exact) mass is 284 g/mol. The average Bonchev–Trinajstić information content (AvgIpc) is 2.75. The van der Waals surface area contributed by atoms with E-state index in [2.05, 4.69) is 28.9 Å². The number of nitrogens with zero attached hydrogens (tertiary/aromatic N) is 4. The van der Waals surface area contributed by atoms with E-state index in [0.717, 1.165) is 12.1 Å². The predicted molar refractivity (Wildman–Crippen MR) is 72.7 cm³/mol. The Balaban J connectivity index is 2.30. The summed E-state index contributed by atoms with van der Waals surface area (Å²) in [5.74, 6) is 1.42. The summed E-state index contributed by atoms with van der Waals surface area (Å²) in [5.41, 5.74) is 1.56. The standard InChI is InChI=1S/C12H14Cl2N4/c1-8(2)6-18-7-9(5-15-18)12-16-10(4-13)3-11(14)17-12/h3,5,7-8H,4,6H2,1-2H3. The Hall–Kier alpha value is -1.13. The first kappa shape index (κ1) is 13.3. The van der Waals surface area contributed by atoms with E-state index in [1.54, 1.807) is 12.3 Å². The minimum Gasteiger partial charge on any atom is -0.272 e. The van der Waals surface area contributed by atoms with E-state index in [9.17, 15) is 0 Å². The highest BCUT2D eigenvalue weighted by atomic mass is 35.5. The van der Waals surface area contributed by atoms with Crippen molar-refractivity contribution in [3.05, 3.63) is 29.3 Å². The van der Waals surface area contributed by atoms with E-state index >= 15 is 0 Å². The lowest BCUT2D eigenvalue weighted by molar-refractivity contribution is 0.483. The SMILES string of the molecule is CC(C)Cn1cc(-c2nc(Cl)cc(CCl)n2)cn1. The van der Waals surface area contributed by atoms with E-state index in [0.29, 0.717) is 28.5 Å². The van der Waals surface area contributed by atoms with Crippen LogP contribution in [0.15, 0.2) is 18.5 Å². The number of hydrogen-bond donors (Lipinski definition) is 0. The molecular weight excluding hydrogens is 271 g/mol. The molecule has 2 aromatic rings. The summed E-state index contributed by atoms with van der Waals surface area (Å²) in [5, 5.41) is 4.67. The summed E-state index contributed by atoms with van der Waals surface area (Å²) in [7, 11) is 0. The zero-order valence-electron chi connectivity index (χ0n) is 10.3. The average molecular weight is 285 g/mol. The molecule has 4 nitrogen and oxygen atoms in total. The van der Waals surface area contributed by atoms with Crippen LogP contribution in [0.4, 0.5) is 0 Å². The lowest BCUT2D eigenvalue weighted by atomic mass is 10.2. The van der Waals surface area contributed by atoms with Crippen LogP contribution in [0, 0.1) is 5.92 Å². The molecule has 2 heterocycles. The minimum atomic E-state index is 0.315. The third kappa shape index (κ3) is 3.21. The first-order valence-corrected chi connectivity index (χ1v) is 6.62. The van der Waals surface area contributed by atoms with Gasteiger partial charge in [0.25, 0.3) is 0 Å². The Kier molecular flexibility index (Phi) is 4.19. The number of alkyl halides is 1. The van der Waals surface area contributed by atoms with Gasteiger partial charge < -0.3 is 0 Å². The first-order valence-electron chi connectivity index (χ1n) is 5.70. The molecular formula is C12H14Cl2N4. The van der Waals surface area contributed by atoms with Gasteiger partial charge in [0, 0.05) is 12.7 Å². The van der Waals surface area contributed by atoms with Gasteiger partial charge in [0.15, 0.2) is 5.82 Å². The van der Waals surface area contributed by atoms with Crippen LogP contribution in [0.1, 0.15) is 19.5 Å². The molecule has 0 aliphatic carbocycles. The summed E-state index contributed by atoms with van der Waals surface area (Å²) in [4.78, 5) is 8.52. The fourth-order valence-corrected chi connectivity index (χ4v) is 1.96. The van der Waals surface area contributed by atoms with E-state index in [4.69, 9.17) is 23.2 Å². The van der Waals surface area contributed by atoms with Crippen LogP contribution in [-0.4, -0.2) is 19.7 Å². The molecule has 0 amide bonds. The van der Waals surface area contributed by atoms with E-state index in [-0.39, 0.29) is 0 Å². The van der Waals surface area contributed by atoms with Crippen molar-refractivity contribution in [1.29, 1.82) is 0 Å². The Bertz CT molecular complexity index is 537. The largest absolute Gasteiger partial charge is 0.272 e. The number of rotatable bonds is 4. The van der Waals surface area contributed by atoms with Crippen molar-refractivity contribution in [3.63, 3.8) is 0 Å². The van der Waals surface area contributed by atoms with Gasteiger partial charge in [-0.25, -0.2) is 9.97 Å². The number of halogens is 2. The van der Waals surface area contributed by atoms with Crippen LogP contribution in [-0.2, 0) is 12.4 Å². The summed E-state index contributed by atoms with van der Waals surface area (Å²) in [6, 6.07) is 1.66. The second-order valence-corrected chi connectivity index (χ2v) is 5.14. The molecule has 0 fully saturated rings. The molecule has 2 rings (SSSR count). The molecule has 18 heavy (non-hydrogen) atoms. The topological polar surface area (TPSA) is 43.6 Å². The van der Waals surface area contributed by atoms with Gasteiger partial charge in [0.05, 0.1) is 23.3 Å². The molecule has 0 unspecified atom stereocenters. The van der Waals surface area contributed by atoms with Gasteiger partial charge in [-0.05, 0) is 12.0 Å².